The molecular formula is C3H6O4S. The van der Waals surface area contributed by atoms with Gasteiger partial charge in [0.25, 0.3) is 0 Å². The van der Waals surface area contributed by atoms with E-state index in [-0.39, 0.29) is 0 Å². The molecule has 5 heteroatoms. The molecule has 1 aliphatic rings. The molecule has 1 rings (SSSR count). The lowest BCUT2D eigenvalue weighted by atomic mass is 10.9. The smallest absolute Gasteiger partial charge is 0.264 e. The Hall–Kier alpha value is -0.390. The predicted molar refractivity (Wildman–Crippen MR) is 27.9 cm³/mol. The van der Waals surface area contributed by atoms with E-state index in [0.29, 0.717) is 0 Å². The van der Waals surface area contributed by atoms with Gasteiger partial charge in [0.1, 0.15) is 0 Å². The van der Waals surface area contributed by atoms with Crippen LogP contribution in [0.15, 0.2) is 12.2 Å². The molecule has 0 fully saturated rings. The minimum Gasteiger partial charge on any atom is -0.264 e. The van der Waals surface area contributed by atoms with E-state index in [2.05, 4.69) is 12.2 Å². The molecule has 0 radical (unpaired) electrons. The summed E-state index contributed by atoms with van der Waals surface area (Å²) < 4.78 is 31.6. The van der Waals surface area contributed by atoms with E-state index < -0.39 is 10.4 Å². The normalized spacial score (nSPS) is 14.2. The zero-order valence-electron chi connectivity index (χ0n) is 3.98. The van der Waals surface area contributed by atoms with Gasteiger partial charge in [0, 0.05) is 0 Å². The summed E-state index contributed by atoms with van der Waals surface area (Å²) in [4.78, 5) is 0. The van der Waals surface area contributed by atoms with E-state index in [4.69, 9.17) is 17.5 Å². The fraction of sp³-hybridized carbons (Fsp3) is 0.333. The van der Waals surface area contributed by atoms with Crippen LogP contribution >= 0.6 is 0 Å². The van der Waals surface area contributed by atoms with E-state index in [0.717, 1.165) is 0 Å². The van der Waals surface area contributed by atoms with Gasteiger partial charge in [-0.3, -0.25) is 9.11 Å². The Labute approximate surface area is 47.4 Å². The van der Waals surface area contributed by atoms with Crippen molar-refractivity contribution in [1.82, 2.24) is 0 Å². The Balaban J connectivity index is 0.000000135. The first kappa shape index (κ1) is 7.61. The predicted octanol–water partition coefficient (Wildman–Crippen LogP) is 0.293. The van der Waals surface area contributed by atoms with Gasteiger partial charge in [-0.2, -0.15) is 8.42 Å². The quantitative estimate of drug-likeness (QED) is 0.372. The first-order chi connectivity index (χ1) is 3.50. The van der Waals surface area contributed by atoms with Crippen LogP contribution in [0.3, 0.4) is 0 Å². The molecule has 2 N–H and O–H groups in total. The number of hydrogen-bond acceptors (Lipinski definition) is 2. The van der Waals surface area contributed by atoms with E-state index >= 15 is 0 Å². The summed E-state index contributed by atoms with van der Waals surface area (Å²) in [6, 6.07) is 0. The molecule has 0 saturated carbocycles. The lowest BCUT2D eigenvalue weighted by Gasteiger charge is -1.68. The molecule has 8 heavy (non-hydrogen) atoms. The fourth-order valence-electron chi connectivity index (χ4n) is 0. The first-order valence-electron chi connectivity index (χ1n) is 1.85. The maximum Gasteiger partial charge on any atom is 0.394 e. The van der Waals surface area contributed by atoms with E-state index in [9.17, 15) is 0 Å². The van der Waals surface area contributed by atoms with Crippen LogP contribution in [-0.2, 0) is 10.4 Å². The van der Waals surface area contributed by atoms with Crippen molar-refractivity contribution in [2.24, 2.45) is 0 Å². The van der Waals surface area contributed by atoms with Crippen molar-refractivity contribution in [3.05, 3.63) is 12.2 Å². The van der Waals surface area contributed by atoms with E-state index in [1.165, 1.54) is 6.42 Å². The zero-order valence-corrected chi connectivity index (χ0v) is 4.80. The minimum absolute atomic E-state index is 1.25. The van der Waals surface area contributed by atoms with Crippen molar-refractivity contribution in [2.45, 2.75) is 6.42 Å². The molecule has 4 nitrogen and oxygen atoms in total. The third-order valence-electron chi connectivity index (χ3n) is 0.236. The van der Waals surface area contributed by atoms with Crippen LogP contribution < -0.4 is 0 Å². The molecule has 0 aliphatic heterocycles. The number of rotatable bonds is 0. The van der Waals surface area contributed by atoms with Gasteiger partial charge in [-0.25, -0.2) is 0 Å². The lowest BCUT2D eigenvalue weighted by Crippen LogP contribution is -1.89. The second-order valence-corrected chi connectivity index (χ2v) is 2.05. The maximum absolute atomic E-state index is 8.74. The van der Waals surface area contributed by atoms with Gasteiger partial charge in [-0.15, -0.1) is 0 Å². The zero-order chi connectivity index (χ0) is 6.62. The molecule has 0 aromatic carbocycles. The van der Waals surface area contributed by atoms with Crippen LogP contribution in [0.4, 0.5) is 0 Å². The highest BCUT2D eigenvalue weighted by atomic mass is 32.3. The van der Waals surface area contributed by atoms with Crippen molar-refractivity contribution >= 4 is 10.4 Å². The average Bonchev–Trinajstić information content (AvgIpc) is 1.95. The van der Waals surface area contributed by atoms with Gasteiger partial charge in [0.05, 0.1) is 0 Å². The second-order valence-electron chi connectivity index (χ2n) is 1.15. The van der Waals surface area contributed by atoms with Crippen LogP contribution in [0.5, 0.6) is 0 Å². The molecule has 0 aromatic heterocycles. The summed E-state index contributed by atoms with van der Waals surface area (Å²) in [5.74, 6) is 0. The topological polar surface area (TPSA) is 74.6 Å². The fourth-order valence-corrected chi connectivity index (χ4v) is 0. The Morgan fingerprint density at radius 3 is 1.38 bits per heavy atom. The minimum atomic E-state index is -4.67. The molecular weight excluding hydrogens is 132 g/mol. The molecule has 1 aliphatic carbocycles. The largest absolute Gasteiger partial charge is 0.394 e. The molecule has 0 spiro atoms. The van der Waals surface area contributed by atoms with Crippen molar-refractivity contribution < 1.29 is 17.5 Å². The van der Waals surface area contributed by atoms with Crippen molar-refractivity contribution in [3.63, 3.8) is 0 Å². The maximum atomic E-state index is 8.74. The van der Waals surface area contributed by atoms with Crippen LogP contribution in [0.2, 0.25) is 0 Å². The van der Waals surface area contributed by atoms with Gasteiger partial charge in [-0.1, -0.05) is 12.2 Å². The van der Waals surface area contributed by atoms with Crippen LogP contribution in [-0.4, -0.2) is 17.5 Å². The monoisotopic (exact) mass is 138 g/mol. The number of hydrogen-bond donors (Lipinski definition) is 2. The van der Waals surface area contributed by atoms with Crippen LogP contribution in [0.1, 0.15) is 6.42 Å². The molecule has 0 heterocycles. The molecule has 0 bridgehead atoms. The van der Waals surface area contributed by atoms with Crippen LogP contribution in [0, 0.1) is 0 Å². The second kappa shape index (κ2) is 2.81. The summed E-state index contributed by atoms with van der Waals surface area (Å²) in [6.07, 6.45) is 5.50. The molecule has 0 atom stereocenters. The summed E-state index contributed by atoms with van der Waals surface area (Å²) in [7, 11) is -4.67. The standard InChI is InChI=1S/C3H4.H2O4S/c1-2-3-1;1-5(2,3)4/h1-2H,3H2;(H2,1,2,3,4). The lowest BCUT2D eigenvalue weighted by molar-refractivity contribution is 0.381. The molecule has 48 valence electrons. The van der Waals surface area contributed by atoms with Crippen molar-refractivity contribution in [2.75, 3.05) is 0 Å². The average molecular weight is 138 g/mol. The highest BCUT2D eigenvalue weighted by molar-refractivity contribution is 7.79. The molecule has 0 aromatic rings. The summed E-state index contributed by atoms with van der Waals surface area (Å²) >= 11 is 0. The van der Waals surface area contributed by atoms with E-state index in [1.807, 2.05) is 0 Å². The van der Waals surface area contributed by atoms with Crippen molar-refractivity contribution in [3.8, 4) is 0 Å². The van der Waals surface area contributed by atoms with Gasteiger partial charge in [0.15, 0.2) is 0 Å². The Morgan fingerprint density at radius 2 is 1.38 bits per heavy atom. The van der Waals surface area contributed by atoms with Gasteiger partial charge in [-0.05, 0) is 6.42 Å². The highest BCUT2D eigenvalue weighted by Gasteiger charge is 1.84. The summed E-state index contributed by atoms with van der Waals surface area (Å²) in [5.41, 5.74) is 0. The Kier molecular flexibility index (Phi) is 2.67. The Morgan fingerprint density at radius 1 is 1.25 bits per heavy atom. The van der Waals surface area contributed by atoms with Crippen molar-refractivity contribution in [1.29, 1.82) is 0 Å². The first-order valence-corrected chi connectivity index (χ1v) is 3.25. The van der Waals surface area contributed by atoms with Crippen LogP contribution in [0.25, 0.3) is 0 Å². The van der Waals surface area contributed by atoms with E-state index in [1.54, 1.807) is 0 Å². The molecule has 0 unspecified atom stereocenters. The third kappa shape index (κ3) is 320. The molecule has 0 amide bonds. The third-order valence-corrected chi connectivity index (χ3v) is 0.236. The van der Waals surface area contributed by atoms with Gasteiger partial charge >= 0.3 is 10.4 Å². The van der Waals surface area contributed by atoms with Gasteiger partial charge < -0.3 is 0 Å². The SMILES string of the molecule is C1=CC1.O=S(=O)(O)O. The number of allylic oxidation sites excluding steroid dienone is 2. The molecule has 0 saturated heterocycles. The van der Waals surface area contributed by atoms with Gasteiger partial charge in [0.2, 0.25) is 0 Å². The highest BCUT2D eigenvalue weighted by Crippen LogP contribution is 1.96. The summed E-state index contributed by atoms with van der Waals surface area (Å²) in [6.45, 7) is 0. The summed E-state index contributed by atoms with van der Waals surface area (Å²) in [5, 5.41) is 0. The Bertz CT molecular complexity index is 154.